The first-order valence-corrected chi connectivity index (χ1v) is 7.08. The van der Waals surface area contributed by atoms with Gasteiger partial charge in [-0.2, -0.15) is 5.10 Å². The molecule has 1 aromatic carbocycles. The fourth-order valence-electron chi connectivity index (χ4n) is 2.85. The number of aryl methyl sites for hydroxylation is 1. The molecule has 0 radical (unpaired) electrons. The van der Waals surface area contributed by atoms with Crippen LogP contribution in [0.2, 0.25) is 0 Å². The van der Waals surface area contributed by atoms with Gasteiger partial charge in [-0.15, -0.1) is 0 Å². The van der Waals surface area contributed by atoms with Gasteiger partial charge in [-0.1, -0.05) is 6.07 Å². The molecule has 4 rings (SSSR count). The van der Waals surface area contributed by atoms with Gasteiger partial charge in [0, 0.05) is 12.8 Å². The van der Waals surface area contributed by atoms with E-state index in [9.17, 15) is 0 Å². The van der Waals surface area contributed by atoms with E-state index in [4.69, 9.17) is 9.47 Å². The van der Waals surface area contributed by atoms with Gasteiger partial charge in [0.05, 0.1) is 20.3 Å². The lowest BCUT2D eigenvalue weighted by Crippen LogP contribution is -2.20. The third-order valence-corrected chi connectivity index (χ3v) is 4.24. The topological polar surface area (TPSA) is 71.1 Å². The van der Waals surface area contributed by atoms with Crippen molar-refractivity contribution in [3.63, 3.8) is 0 Å². The lowest BCUT2D eigenvalue weighted by Gasteiger charge is -2.11. The number of rotatable bonds is 5. The normalized spacial score (nSPS) is 25.4. The van der Waals surface area contributed by atoms with Crippen molar-refractivity contribution >= 4 is 0 Å². The van der Waals surface area contributed by atoms with Crippen LogP contribution in [0.5, 0.6) is 11.5 Å². The number of nitrogens with one attached hydrogen (secondary N) is 1. The average molecular weight is 286 g/mol. The van der Waals surface area contributed by atoms with E-state index in [1.165, 1.54) is 0 Å². The van der Waals surface area contributed by atoms with Crippen molar-refractivity contribution in [2.24, 2.45) is 0 Å². The van der Waals surface area contributed by atoms with E-state index in [0.717, 1.165) is 41.6 Å². The second kappa shape index (κ2) is 4.21. The van der Waals surface area contributed by atoms with E-state index in [1.807, 2.05) is 25.1 Å². The van der Waals surface area contributed by atoms with Gasteiger partial charge >= 0.3 is 0 Å². The highest BCUT2D eigenvalue weighted by atomic mass is 16.5. The van der Waals surface area contributed by atoms with E-state index >= 15 is 0 Å². The van der Waals surface area contributed by atoms with E-state index in [0.29, 0.717) is 6.04 Å². The number of hydrogen-bond acceptors (Lipinski definition) is 5. The number of hydrogen-bond donors (Lipinski definition) is 1. The summed E-state index contributed by atoms with van der Waals surface area (Å²) in [5.74, 6) is 3.29. The zero-order valence-corrected chi connectivity index (χ0v) is 12.4. The first-order valence-electron chi connectivity index (χ1n) is 7.08. The second-order valence-electron chi connectivity index (χ2n) is 5.68. The van der Waals surface area contributed by atoms with Crippen LogP contribution in [0.25, 0.3) is 0 Å². The van der Waals surface area contributed by atoms with Gasteiger partial charge in [-0.3, -0.25) is 5.32 Å². The van der Waals surface area contributed by atoms with Gasteiger partial charge in [-0.05, 0) is 24.6 Å². The molecule has 1 aliphatic heterocycles. The number of ether oxygens (including phenoxy) is 2. The minimum Gasteiger partial charge on any atom is -0.493 e. The summed E-state index contributed by atoms with van der Waals surface area (Å²) < 4.78 is 12.7. The molecule has 2 fully saturated rings. The maximum absolute atomic E-state index is 5.36. The minimum absolute atomic E-state index is 0.0765. The van der Waals surface area contributed by atoms with E-state index < -0.39 is 0 Å². The van der Waals surface area contributed by atoms with Crippen LogP contribution in [0.3, 0.4) is 0 Å². The molecule has 6 heteroatoms. The second-order valence-corrected chi connectivity index (χ2v) is 5.68. The summed E-state index contributed by atoms with van der Waals surface area (Å²) in [5.41, 5.74) is 1.21. The summed E-state index contributed by atoms with van der Waals surface area (Å²) >= 11 is 0. The molecule has 2 aliphatic rings. The molecule has 1 saturated carbocycles. The van der Waals surface area contributed by atoms with Crippen LogP contribution < -0.4 is 14.8 Å². The fraction of sp³-hybridized carbons (Fsp3) is 0.467. The quantitative estimate of drug-likeness (QED) is 0.837. The van der Waals surface area contributed by atoms with Gasteiger partial charge < -0.3 is 9.47 Å². The van der Waals surface area contributed by atoms with Crippen LogP contribution >= 0.6 is 0 Å². The number of nitrogens with zero attached hydrogens (tertiary/aromatic N) is 3. The van der Waals surface area contributed by atoms with Gasteiger partial charge in [0.15, 0.2) is 11.5 Å². The van der Waals surface area contributed by atoms with E-state index in [-0.39, 0.29) is 5.66 Å². The molecule has 21 heavy (non-hydrogen) atoms. The highest BCUT2D eigenvalue weighted by Crippen LogP contribution is 2.55. The standard InChI is InChI=1S/C15H18N4O2/c1-9-16-14(19(18-9)15-8-13(15)17-15)7-10-4-5-11(20-2)12(6-10)21-3/h4-6,13,17H,7-8H2,1-3H3/t13-,15?/m1/s1. The molecule has 1 unspecified atom stereocenters. The Balaban J connectivity index is 1.64. The molecule has 2 heterocycles. The highest BCUT2D eigenvalue weighted by molar-refractivity contribution is 5.43. The highest BCUT2D eigenvalue weighted by Gasteiger charge is 2.73. The predicted octanol–water partition coefficient (Wildman–Crippen LogP) is 1.22. The fourth-order valence-corrected chi connectivity index (χ4v) is 2.85. The van der Waals surface area contributed by atoms with Gasteiger partial charge in [-0.25, -0.2) is 9.67 Å². The summed E-state index contributed by atoms with van der Waals surface area (Å²) in [5, 5.41) is 7.97. The maximum atomic E-state index is 5.36. The summed E-state index contributed by atoms with van der Waals surface area (Å²) in [6.07, 6.45) is 1.89. The molecule has 0 amide bonds. The molecule has 1 saturated heterocycles. The molecular formula is C15H18N4O2. The van der Waals surface area contributed by atoms with Crippen molar-refractivity contribution in [2.45, 2.75) is 31.5 Å². The van der Waals surface area contributed by atoms with Crippen LogP contribution in [0.4, 0.5) is 0 Å². The van der Waals surface area contributed by atoms with Gasteiger partial charge in [0.25, 0.3) is 0 Å². The smallest absolute Gasteiger partial charge is 0.161 e. The van der Waals surface area contributed by atoms with Crippen LogP contribution in [-0.4, -0.2) is 35.0 Å². The minimum atomic E-state index is 0.0765. The molecule has 1 aromatic heterocycles. The van der Waals surface area contributed by atoms with Crippen molar-refractivity contribution in [1.29, 1.82) is 0 Å². The summed E-state index contributed by atoms with van der Waals surface area (Å²) in [7, 11) is 3.29. The first kappa shape index (κ1) is 12.6. The lowest BCUT2D eigenvalue weighted by molar-refractivity contribution is 0.354. The molecule has 2 aromatic rings. The first-order chi connectivity index (χ1) is 10.2. The zero-order valence-electron chi connectivity index (χ0n) is 12.4. The molecule has 1 N–H and O–H groups in total. The Labute approximate surface area is 123 Å². The number of fused-ring (bicyclic) bond motifs is 1. The van der Waals surface area contributed by atoms with Crippen molar-refractivity contribution < 1.29 is 9.47 Å². The average Bonchev–Trinajstić information content (AvgIpc) is 3.31. The number of benzene rings is 1. The SMILES string of the molecule is COc1ccc(Cc2nc(C)nn2C23C[C@H]2N3)cc1OC. The monoisotopic (exact) mass is 286 g/mol. The van der Waals surface area contributed by atoms with Crippen molar-refractivity contribution in [2.75, 3.05) is 14.2 Å². The lowest BCUT2D eigenvalue weighted by atomic mass is 10.1. The molecule has 110 valence electrons. The van der Waals surface area contributed by atoms with Crippen LogP contribution in [0.15, 0.2) is 18.2 Å². The Kier molecular flexibility index (Phi) is 2.53. The van der Waals surface area contributed by atoms with Crippen LogP contribution in [0, 0.1) is 6.92 Å². The predicted molar refractivity (Wildman–Crippen MR) is 76.6 cm³/mol. The molecule has 0 bridgehead atoms. The molecule has 1 aliphatic carbocycles. The Morgan fingerprint density at radius 3 is 2.67 bits per heavy atom. The molecule has 0 spiro atoms. The molecular weight excluding hydrogens is 268 g/mol. The Hall–Kier alpha value is -2.08. The van der Waals surface area contributed by atoms with Crippen LogP contribution in [-0.2, 0) is 12.1 Å². The third-order valence-electron chi connectivity index (χ3n) is 4.24. The largest absolute Gasteiger partial charge is 0.493 e. The molecule has 2 atom stereocenters. The summed E-state index contributed by atoms with van der Waals surface area (Å²) in [6.45, 7) is 1.94. The third kappa shape index (κ3) is 1.90. The Morgan fingerprint density at radius 1 is 1.33 bits per heavy atom. The zero-order chi connectivity index (χ0) is 14.6. The van der Waals surface area contributed by atoms with Gasteiger partial charge in [0.2, 0.25) is 0 Å². The van der Waals surface area contributed by atoms with Crippen molar-refractivity contribution in [1.82, 2.24) is 20.1 Å². The van der Waals surface area contributed by atoms with Crippen LogP contribution in [0.1, 0.15) is 23.6 Å². The Bertz CT molecular complexity index is 704. The number of aromatic nitrogens is 3. The van der Waals surface area contributed by atoms with Gasteiger partial charge in [0.1, 0.15) is 17.3 Å². The maximum Gasteiger partial charge on any atom is 0.161 e. The van der Waals surface area contributed by atoms with Crippen molar-refractivity contribution in [3.8, 4) is 11.5 Å². The summed E-state index contributed by atoms with van der Waals surface area (Å²) in [4.78, 5) is 4.58. The Morgan fingerprint density at radius 2 is 2.05 bits per heavy atom. The number of methoxy groups -OCH3 is 2. The summed E-state index contributed by atoms with van der Waals surface area (Å²) in [6, 6.07) is 6.56. The van der Waals surface area contributed by atoms with E-state index in [1.54, 1.807) is 14.2 Å². The van der Waals surface area contributed by atoms with E-state index in [2.05, 4.69) is 20.1 Å². The molecule has 6 nitrogen and oxygen atoms in total. The van der Waals surface area contributed by atoms with Crippen molar-refractivity contribution in [3.05, 3.63) is 35.4 Å².